The van der Waals surface area contributed by atoms with Gasteiger partial charge in [-0.3, -0.25) is 15.2 Å². The van der Waals surface area contributed by atoms with Crippen LogP contribution in [0.1, 0.15) is 33.9 Å². The summed E-state index contributed by atoms with van der Waals surface area (Å²) in [6.45, 7) is 3.71. The third-order valence-electron chi connectivity index (χ3n) is 2.89. The molecule has 0 spiro atoms. The SMILES string of the molecule is CCc1nc(C(=O)Nc2nc3c(s2)CNCC3)n[nH]1. The molecule has 3 heterocycles. The van der Waals surface area contributed by atoms with E-state index in [4.69, 9.17) is 0 Å². The van der Waals surface area contributed by atoms with Crippen LogP contribution >= 0.6 is 11.3 Å². The second kappa shape index (κ2) is 5.06. The van der Waals surface area contributed by atoms with Crippen molar-refractivity contribution in [1.29, 1.82) is 0 Å². The quantitative estimate of drug-likeness (QED) is 0.769. The fourth-order valence-electron chi connectivity index (χ4n) is 1.89. The van der Waals surface area contributed by atoms with Crippen LogP contribution in [0.2, 0.25) is 0 Å². The molecule has 0 fully saturated rings. The minimum absolute atomic E-state index is 0.156. The summed E-state index contributed by atoms with van der Waals surface area (Å²) < 4.78 is 0. The predicted molar refractivity (Wildman–Crippen MR) is 71.2 cm³/mol. The van der Waals surface area contributed by atoms with Gasteiger partial charge in [0, 0.05) is 30.8 Å². The van der Waals surface area contributed by atoms with Crippen LogP contribution in [0.5, 0.6) is 0 Å². The molecular formula is C11H14N6OS. The number of nitrogens with zero attached hydrogens (tertiary/aromatic N) is 3. The lowest BCUT2D eigenvalue weighted by atomic mass is 10.2. The first-order chi connectivity index (χ1) is 9.26. The van der Waals surface area contributed by atoms with E-state index in [-0.39, 0.29) is 11.7 Å². The highest BCUT2D eigenvalue weighted by atomic mass is 32.1. The maximum absolute atomic E-state index is 12.0. The zero-order valence-corrected chi connectivity index (χ0v) is 11.3. The summed E-state index contributed by atoms with van der Waals surface area (Å²) in [6, 6.07) is 0. The number of aromatic nitrogens is 4. The van der Waals surface area contributed by atoms with Crippen LogP contribution in [-0.4, -0.2) is 32.6 Å². The third-order valence-corrected chi connectivity index (χ3v) is 3.91. The maximum Gasteiger partial charge on any atom is 0.297 e. The van der Waals surface area contributed by atoms with Gasteiger partial charge in [-0.05, 0) is 0 Å². The topological polar surface area (TPSA) is 95.6 Å². The van der Waals surface area contributed by atoms with Crippen molar-refractivity contribution in [3.05, 3.63) is 22.2 Å². The number of rotatable bonds is 3. The molecule has 19 heavy (non-hydrogen) atoms. The largest absolute Gasteiger partial charge is 0.311 e. The number of nitrogens with one attached hydrogen (secondary N) is 3. The fourth-order valence-corrected chi connectivity index (χ4v) is 2.86. The zero-order valence-electron chi connectivity index (χ0n) is 10.5. The number of amides is 1. The van der Waals surface area contributed by atoms with E-state index in [1.807, 2.05) is 6.92 Å². The molecule has 0 unspecified atom stereocenters. The van der Waals surface area contributed by atoms with E-state index in [1.54, 1.807) is 0 Å². The first kappa shape index (κ1) is 12.2. The minimum Gasteiger partial charge on any atom is -0.311 e. The van der Waals surface area contributed by atoms with Crippen molar-refractivity contribution in [3.63, 3.8) is 0 Å². The van der Waals surface area contributed by atoms with E-state index < -0.39 is 0 Å². The highest BCUT2D eigenvalue weighted by Crippen LogP contribution is 2.25. The zero-order chi connectivity index (χ0) is 13.2. The Morgan fingerprint density at radius 2 is 2.37 bits per heavy atom. The summed E-state index contributed by atoms with van der Waals surface area (Å²) in [5.74, 6) is 0.533. The van der Waals surface area contributed by atoms with Crippen LogP contribution in [0.15, 0.2) is 0 Å². The molecule has 2 aromatic rings. The predicted octanol–water partition coefficient (Wildman–Crippen LogP) is 0.722. The van der Waals surface area contributed by atoms with Gasteiger partial charge in [0.25, 0.3) is 5.91 Å². The van der Waals surface area contributed by atoms with Gasteiger partial charge in [0.2, 0.25) is 5.82 Å². The van der Waals surface area contributed by atoms with Gasteiger partial charge in [-0.1, -0.05) is 6.92 Å². The Bertz CT molecular complexity index is 581. The van der Waals surface area contributed by atoms with Gasteiger partial charge in [0.1, 0.15) is 5.82 Å². The Morgan fingerprint density at radius 3 is 3.11 bits per heavy atom. The number of thiazole rings is 1. The number of aryl methyl sites for hydroxylation is 1. The molecule has 8 heteroatoms. The number of anilines is 1. The summed E-state index contributed by atoms with van der Waals surface area (Å²) >= 11 is 1.50. The van der Waals surface area contributed by atoms with Crippen LogP contribution in [0, 0.1) is 0 Å². The first-order valence-electron chi connectivity index (χ1n) is 6.18. The Labute approximate surface area is 113 Å². The van der Waals surface area contributed by atoms with E-state index in [2.05, 4.69) is 30.8 Å². The standard InChI is InChI=1S/C11H14N6OS/c1-2-8-14-9(17-16-8)10(18)15-11-13-6-3-4-12-5-7(6)19-11/h12H,2-5H2,1H3,(H,13,15,18)(H,14,16,17). The van der Waals surface area contributed by atoms with Gasteiger partial charge in [0.05, 0.1) is 5.69 Å². The number of hydrogen-bond donors (Lipinski definition) is 3. The van der Waals surface area contributed by atoms with Crippen molar-refractivity contribution in [2.75, 3.05) is 11.9 Å². The van der Waals surface area contributed by atoms with Gasteiger partial charge in [-0.2, -0.15) is 0 Å². The van der Waals surface area contributed by atoms with Crippen molar-refractivity contribution < 1.29 is 4.79 Å². The van der Waals surface area contributed by atoms with Crippen LogP contribution in [0.3, 0.4) is 0 Å². The van der Waals surface area contributed by atoms with Crippen LogP contribution in [0.4, 0.5) is 5.13 Å². The lowest BCUT2D eigenvalue weighted by molar-refractivity contribution is 0.101. The maximum atomic E-state index is 12.0. The molecule has 7 nitrogen and oxygen atoms in total. The molecule has 0 atom stereocenters. The third kappa shape index (κ3) is 2.49. The van der Waals surface area contributed by atoms with Crippen LogP contribution in [-0.2, 0) is 19.4 Å². The highest BCUT2D eigenvalue weighted by Gasteiger charge is 2.18. The number of hydrogen-bond acceptors (Lipinski definition) is 6. The number of aromatic amines is 1. The monoisotopic (exact) mass is 278 g/mol. The smallest absolute Gasteiger partial charge is 0.297 e. The van der Waals surface area contributed by atoms with Crippen LogP contribution < -0.4 is 10.6 Å². The number of carbonyl (C=O) groups excluding carboxylic acids is 1. The number of H-pyrrole nitrogens is 1. The molecule has 0 saturated heterocycles. The Kier molecular flexibility index (Phi) is 3.26. The summed E-state index contributed by atoms with van der Waals surface area (Å²) in [4.78, 5) is 21.7. The number of fused-ring (bicyclic) bond motifs is 1. The molecule has 0 saturated carbocycles. The normalized spacial score (nSPS) is 14.2. The molecule has 3 rings (SSSR count). The summed E-state index contributed by atoms with van der Waals surface area (Å²) in [5.41, 5.74) is 1.07. The summed E-state index contributed by atoms with van der Waals surface area (Å²) in [7, 11) is 0. The van der Waals surface area contributed by atoms with E-state index >= 15 is 0 Å². The van der Waals surface area contributed by atoms with E-state index in [1.165, 1.54) is 16.2 Å². The van der Waals surface area contributed by atoms with E-state index in [0.29, 0.717) is 11.0 Å². The van der Waals surface area contributed by atoms with Crippen molar-refractivity contribution in [2.24, 2.45) is 0 Å². The molecule has 1 amide bonds. The summed E-state index contributed by atoms with van der Waals surface area (Å²) in [5, 5.41) is 13.2. The molecule has 100 valence electrons. The first-order valence-corrected chi connectivity index (χ1v) is 7.00. The Hall–Kier alpha value is -1.80. The molecule has 3 N–H and O–H groups in total. The van der Waals surface area contributed by atoms with E-state index in [0.717, 1.165) is 31.6 Å². The average Bonchev–Trinajstić information content (AvgIpc) is 3.04. The second-order valence-electron chi connectivity index (χ2n) is 4.23. The lowest BCUT2D eigenvalue weighted by Crippen LogP contribution is -2.22. The fraction of sp³-hybridized carbons (Fsp3) is 0.455. The number of carbonyl (C=O) groups is 1. The summed E-state index contributed by atoms with van der Waals surface area (Å²) in [6.07, 6.45) is 1.62. The van der Waals surface area contributed by atoms with Gasteiger partial charge >= 0.3 is 0 Å². The molecule has 0 radical (unpaired) electrons. The minimum atomic E-state index is -0.324. The molecular weight excluding hydrogens is 264 g/mol. The van der Waals surface area contributed by atoms with Gasteiger partial charge in [-0.15, -0.1) is 16.4 Å². The molecule has 0 aliphatic carbocycles. The van der Waals surface area contributed by atoms with E-state index in [9.17, 15) is 4.79 Å². The molecule has 1 aliphatic heterocycles. The van der Waals surface area contributed by atoms with Gasteiger partial charge < -0.3 is 5.32 Å². The Morgan fingerprint density at radius 1 is 1.47 bits per heavy atom. The lowest BCUT2D eigenvalue weighted by Gasteiger charge is -2.09. The Balaban J connectivity index is 1.73. The highest BCUT2D eigenvalue weighted by molar-refractivity contribution is 7.15. The van der Waals surface area contributed by atoms with Crippen molar-refractivity contribution in [3.8, 4) is 0 Å². The van der Waals surface area contributed by atoms with Crippen LogP contribution in [0.25, 0.3) is 0 Å². The molecule has 0 bridgehead atoms. The molecule has 0 aromatic carbocycles. The molecule has 2 aromatic heterocycles. The van der Waals surface area contributed by atoms with Gasteiger partial charge in [0.15, 0.2) is 5.13 Å². The van der Waals surface area contributed by atoms with Crippen molar-refractivity contribution >= 4 is 22.4 Å². The second-order valence-corrected chi connectivity index (χ2v) is 5.31. The molecule has 1 aliphatic rings. The average molecular weight is 278 g/mol. The van der Waals surface area contributed by atoms with Crippen molar-refractivity contribution in [2.45, 2.75) is 26.3 Å². The van der Waals surface area contributed by atoms with Crippen molar-refractivity contribution in [1.82, 2.24) is 25.5 Å². The van der Waals surface area contributed by atoms with Gasteiger partial charge in [-0.25, -0.2) is 9.97 Å².